The van der Waals surface area contributed by atoms with E-state index in [2.05, 4.69) is 0 Å². The van der Waals surface area contributed by atoms with Gasteiger partial charge in [0.15, 0.2) is 5.76 Å². The van der Waals surface area contributed by atoms with Crippen molar-refractivity contribution in [1.82, 2.24) is 4.90 Å². The highest BCUT2D eigenvalue weighted by Crippen LogP contribution is 2.43. The predicted octanol–water partition coefficient (Wildman–Crippen LogP) is 4.02. The van der Waals surface area contributed by atoms with Gasteiger partial charge in [-0.25, -0.2) is 8.42 Å². The van der Waals surface area contributed by atoms with Crippen molar-refractivity contribution in [2.24, 2.45) is 0 Å². The number of aliphatic hydroxyl groups excluding tert-OH is 1. The minimum absolute atomic E-state index is 0.0246. The van der Waals surface area contributed by atoms with Gasteiger partial charge in [0, 0.05) is 6.54 Å². The number of hydrogen-bond acceptors (Lipinski definition) is 5. The minimum Gasteiger partial charge on any atom is -0.502 e. The molecule has 1 heterocycles. The molecule has 1 amide bonds. The molecule has 6 nitrogen and oxygen atoms in total. The van der Waals surface area contributed by atoms with Crippen LogP contribution < -0.4 is 4.74 Å². The van der Waals surface area contributed by atoms with Crippen molar-refractivity contribution < 1.29 is 23.1 Å². The van der Waals surface area contributed by atoms with Gasteiger partial charge in [0.25, 0.3) is 5.91 Å². The second kappa shape index (κ2) is 8.28. The van der Waals surface area contributed by atoms with Crippen molar-refractivity contribution in [3.63, 3.8) is 0 Å². The maximum absolute atomic E-state index is 13.4. The fourth-order valence-electron chi connectivity index (χ4n) is 3.69. The van der Waals surface area contributed by atoms with Gasteiger partial charge < -0.3 is 14.7 Å². The number of rotatable bonds is 6. The molecule has 4 rings (SSSR count). The first kappa shape index (κ1) is 20.7. The SMILES string of the molecule is COc1ccc(CN2C(=O)C(O)=C(S(=O)(=O)c3ccccc3)C2c2ccccc2)cc1. The smallest absolute Gasteiger partial charge is 0.290 e. The molecular weight excluding hydrogens is 414 g/mol. The van der Waals surface area contributed by atoms with Crippen LogP contribution in [0.25, 0.3) is 0 Å². The molecule has 0 fully saturated rings. The molecule has 1 atom stereocenters. The lowest BCUT2D eigenvalue weighted by molar-refractivity contribution is -0.130. The van der Waals surface area contributed by atoms with E-state index in [1.54, 1.807) is 73.8 Å². The third-order valence-electron chi connectivity index (χ3n) is 5.23. The highest BCUT2D eigenvalue weighted by molar-refractivity contribution is 7.95. The van der Waals surface area contributed by atoms with Crippen LogP contribution in [0.4, 0.5) is 0 Å². The maximum Gasteiger partial charge on any atom is 0.290 e. The summed E-state index contributed by atoms with van der Waals surface area (Å²) in [4.78, 5) is 14.1. The van der Waals surface area contributed by atoms with Crippen molar-refractivity contribution >= 4 is 15.7 Å². The number of carbonyl (C=O) groups excluding carboxylic acids is 1. The van der Waals surface area contributed by atoms with Crippen molar-refractivity contribution in [3.05, 3.63) is 107 Å². The quantitative estimate of drug-likeness (QED) is 0.632. The van der Waals surface area contributed by atoms with Gasteiger partial charge in [-0.3, -0.25) is 4.79 Å². The highest BCUT2D eigenvalue weighted by Gasteiger charge is 2.46. The Labute approximate surface area is 180 Å². The third-order valence-corrected chi connectivity index (χ3v) is 7.12. The first-order chi connectivity index (χ1) is 14.9. The molecule has 0 radical (unpaired) electrons. The summed E-state index contributed by atoms with van der Waals surface area (Å²) >= 11 is 0. The largest absolute Gasteiger partial charge is 0.502 e. The Kier molecular flexibility index (Phi) is 5.52. The Bertz CT molecular complexity index is 1220. The molecule has 3 aromatic rings. The summed E-state index contributed by atoms with van der Waals surface area (Å²) in [6.07, 6.45) is 0. The zero-order chi connectivity index (χ0) is 22.0. The summed E-state index contributed by atoms with van der Waals surface area (Å²) in [5, 5.41) is 10.7. The molecule has 1 N–H and O–H groups in total. The first-order valence-corrected chi connectivity index (χ1v) is 11.1. The predicted molar refractivity (Wildman–Crippen MR) is 116 cm³/mol. The average molecular weight is 436 g/mol. The van der Waals surface area contributed by atoms with E-state index in [0.29, 0.717) is 11.3 Å². The van der Waals surface area contributed by atoms with E-state index in [0.717, 1.165) is 5.56 Å². The number of ether oxygens (including phenoxy) is 1. The molecule has 1 aliphatic rings. The summed E-state index contributed by atoms with van der Waals surface area (Å²) in [6, 6.07) is 22.9. The summed E-state index contributed by atoms with van der Waals surface area (Å²) in [7, 11) is -2.54. The monoisotopic (exact) mass is 435 g/mol. The van der Waals surface area contributed by atoms with Crippen LogP contribution in [0.3, 0.4) is 0 Å². The lowest BCUT2D eigenvalue weighted by Crippen LogP contribution is -2.30. The number of amides is 1. The number of sulfone groups is 1. The minimum atomic E-state index is -4.11. The van der Waals surface area contributed by atoms with Crippen LogP contribution in [0.1, 0.15) is 17.2 Å². The topological polar surface area (TPSA) is 83.9 Å². The van der Waals surface area contributed by atoms with Gasteiger partial charge in [-0.05, 0) is 35.4 Å². The van der Waals surface area contributed by atoms with Crippen LogP contribution in [0.15, 0.2) is 100 Å². The Morgan fingerprint density at radius 1 is 0.903 bits per heavy atom. The van der Waals surface area contributed by atoms with E-state index in [-0.39, 0.29) is 16.3 Å². The number of aliphatic hydroxyl groups is 1. The molecule has 0 saturated carbocycles. The van der Waals surface area contributed by atoms with Crippen LogP contribution >= 0.6 is 0 Å². The van der Waals surface area contributed by atoms with E-state index in [1.807, 2.05) is 6.07 Å². The van der Waals surface area contributed by atoms with E-state index in [4.69, 9.17) is 4.74 Å². The molecule has 0 aliphatic carbocycles. The number of hydrogen-bond donors (Lipinski definition) is 1. The Balaban J connectivity index is 1.81. The number of carbonyl (C=O) groups is 1. The fraction of sp³-hybridized carbons (Fsp3) is 0.125. The molecule has 0 spiro atoms. The molecule has 158 valence electrons. The lowest BCUT2D eigenvalue weighted by Gasteiger charge is -2.27. The Morgan fingerprint density at radius 3 is 2.06 bits per heavy atom. The van der Waals surface area contributed by atoms with Crippen LogP contribution in [0.2, 0.25) is 0 Å². The van der Waals surface area contributed by atoms with Gasteiger partial charge in [-0.1, -0.05) is 60.7 Å². The summed E-state index contributed by atoms with van der Waals surface area (Å²) in [5.41, 5.74) is 1.38. The van der Waals surface area contributed by atoms with Crippen LogP contribution in [-0.2, 0) is 21.2 Å². The van der Waals surface area contributed by atoms with Gasteiger partial charge in [0.1, 0.15) is 10.7 Å². The number of methoxy groups -OCH3 is 1. The van der Waals surface area contributed by atoms with Gasteiger partial charge in [-0.2, -0.15) is 0 Å². The standard InChI is InChI=1S/C24H21NO5S/c1-30-19-14-12-17(13-15-19)16-25-21(18-8-4-2-5-9-18)23(22(26)24(25)27)31(28,29)20-10-6-3-7-11-20/h2-15,21,26H,16H2,1H3. The van der Waals surface area contributed by atoms with Gasteiger partial charge in [-0.15, -0.1) is 0 Å². The molecule has 0 aromatic heterocycles. The third kappa shape index (κ3) is 3.80. The summed E-state index contributed by atoms with van der Waals surface area (Å²) in [6.45, 7) is 0.125. The van der Waals surface area contributed by atoms with E-state index < -0.39 is 27.5 Å². The van der Waals surface area contributed by atoms with Crippen molar-refractivity contribution in [1.29, 1.82) is 0 Å². The number of nitrogens with zero attached hydrogens (tertiary/aromatic N) is 1. The normalized spacial score (nSPS) is 16.6. The molecule has 1 unspecified atom stereocenters. The van der Waals surface area contributed by atoms with Crippen LogP contribution in [-0.4, -0.2) is 31.4 Å². The van der Waals surface area contributed by atoms with Crippen molar-refractivity contribution in [2.75, 3.05) is 7.11 Å². The number of benzene rings is 3. The van der Waals surface area contributed by atoms with Gasteiger partial charge in [0.05, 0.1) is 18.0 Å². The van der Waals surface area contributed by atoms with Gasteiger partial charge in [0.2, 0.25) is 9.84 Å². The van der Waals surface area contributed by atoms with Crippen molar-refractivity contribution in [2.45, 2.75) is 17.5 Å². The molecule has 31 heavy (non-hydrogen) atoms. The summed E-state index contributed by atoms with van der Waals surface area (Å²) in [5.74, 6) is -0.796. The fourth-order valence-corrected chi connectivity index (χ4v) is 5.36. The zero-order valence-electron chi connectivity index (χ0n) is 16.8. The second-order valence-electron chi connectivity index (χ2n) is 7.12. The van der Waals surface area contributed by atoms with E-state index >= 15 is 0 Å². The molecule has 7 heteroatoms. The first-order valence-electron chi connectivity index (χ1n) is 9.65. The van der Waals surface area contributed by atoms with Gasteiger partial charge >= 0.3 is 0 Å². The zero-order valence-corrected chi connectivity index (χ0v) is 17.6. The van der Waals surface area contributed by atoms with E-state index in [1.165, 1.54) is 17.0 Å². The summed E-state index contributed by atoms with van der Waals surface area (Å²) < 4.78 is 32.1. The molecule has 0 saturated heterocycles. The average Bonchev–Trinajstić information content (AvgIpc) is 3.06. The molecular formula is C24H21NO5S. The molecule has 0 bridgehead atoms. The van der Waals surface area contributed by atoms with Crippen molar-refractivity contribution in [3.8, 4) is 5.75 Å². The second-order valence-corrected chi connectivity index (χ2v) is 9.04. The van der Waals surface area contributed by atoms with Crippen LogP contribution in [0, 0.1) is 0 Å². The molecule has 1 aliphatic heterocycles. The maximum atomic E-state index is 13.4. The van der Waals surface area contributed by atoms with E-state index in [9.17, 15) is 18.3 Å². The lowest BCUT2D eigenvalue weighted by atomic mass is 10.1. The Hall–Kier alpha value is -3.58. The highest BCUT2D eigenvalue weighted by atomic mass is 32.2. The van der Waals surface area contributed by atoms with Crippen LogP contribution in [0.5, 0.6) is 5.75 Å². The molecule has 3 aromatic carbocycles. The Morgan fingerprint density at radius 2 is 1.48 bits per heavy atom.